The Morgan fingerprint density at radius 3 is 2.88 bits per heavy atom. The maximum Gasteiger partial charge on any atom is 0.0386 e. The van der Waals surface area contributed by atoms with Crippen molar-refractivity contribution in [2.75, 3.05) is 26.7 Å². The summed E-state index contributed by atoms with van der Waals surface area (Å²) in [6, 6.07) is 4.87. The van der Waals surface area contributed by atoms with Crippen molar-refractivity contribution in [3.63, 3.8) is 0 Å². The quantitative estimate of drug-likeness (QED) is 0.867. The molecular weight excluding hydrogens is 216 g/mol. The Balaban J connectivity index is 1.71. The molecule has 2 rings (SSSR count). The maximum atomic E-state index is 3.66. The third-order valence-electron chi connectivity index (χ3n) is 3.52. The molecule has 1 fully saturated rings. The second kappa shape index (κ2) is 5.80. The molecule has 1 N–H and O–H groups in total. The summed E-state index contributed by atoms with van der Waals surface area (Å²) in [5.41, 5.74) is 0. The van der Waals surface area contributed by atoms with Gasteiger partial charge in [0.15, 0.2) is 0 Å². The molecule has 0 amide bonds. The van der Waals surface area contributed by atoms with E-state index in [2.05, 4.69) is 41.7 Å². The number of hydrogen-bond acceptors (Lipinski definition) is 3. The van der Waals surface area contributed by atoms with Crippen molar-refractivity contribution in [2.45, 2.75) is 25.8 Å². The molecule has 3 heteroatoms. The van der Waals surface area contributed by atoms with E-state index in [-0.39, 0.29) is 0 Å². The molecule has 0 aromatic carbocycles. The highest BCUT2D eigenvalue weighted by atomic mass is 32.1. The van der Waals surface area contributed by atoms with Crippen molar-refractivity contribution in [1.82, 2.24) is 10.2 Å². The van der Waals surface area contributed by atoms with Crippen molar-refractivity contribution in [2.24, 2.45) is 5.92 Å². The average molecular weight is 238 g/mol. The second-order valence-electron chi connectivity index (χ2n) is 4.89. The first-order valence-corrected chi connectivity index (χ1v) is 7.09. The van der Waals surface area contributed by atoms with E-state index in [0.717, 1.165) is 5.92 Å². The van der Waals surface area contributed by atoms with E-state index in [1.54, 1.807) is 0 Å². The Labute approximate surface area is 103 Å². The van der Waals surface area contributed by atoms with Crippen LogP contribution in [0.15, 0.2) is 17.5 Å². The summed E-state index contributed by atoms with van der Waals surface area (Å²) in [4.78, 5) is 3.88. The van der Waals surface area contributed by atoms with Crippen molar-refractivity contribution < 1.29 is 0 Å². The summed E-state index contributed by atoms with van der Waals surface area (Å²) in [5.74, 6) is 0.874. The largest absolute Gasteiger partial charge is 0.309 e. The van der Waals surface area contributed by atoms with Gasteiger partial charge in [-0.3, -0.25) is 0 Å². The molecule has 1 aliphatic rings. The third kappa shape index (κ3) is 3.30. The van der Waals surface area contributed by atoms with Gasteiger partial charge in [0.05, 0.1) is 0 Å². The number of hydrogen-bond donors (Lipinski definition) is 1. The fourth-order valence-corrected chi connectivity index (χ4v) is 3.01. The molecule has 0 saturated carbocycles. The molecule has 90 valence electrons. The molecule has 2 heterocycles. The number of likely N-dealkylation sites (tertiary alicyclic amines) is 1. The highest BCUT2D eigenvalue weighted by Crippen LogP contribution is 2.20. The molecular formula is C13H22N2S. The number of piperidine rings is 1. The number of nitrogens with one attached hydrogen (secondary N) is 1. The SMILES string of the molecule is C[C@H](NCC1CCN(C)CC1)c1cccs1. The Morgan fingerprint density at radius 2 is 2.25 bits per heavy atom. The van der Waals surface area contributed by atoms with Crippen LogP contribution >= 0.6 is 11.3 Å². The molecule has 0 unspecified atom stereocenters. The number of rotatable bonds is 4. The van der Waals surface area contributed by atoms with Crippen LogP contribution in [0.3, 0.4) is 0 Å². The first-order valence-electron chi connectivity index (χ1n) is 6.21. The Hall–Kier alpha value is -0.380. The smallest absolute Gasteiger partial charge is 0.0386 e. The standard InChI is InChI=1S/C13H22N2S/c1-11(13-4-3-9-16-13)14-10-12-5-7-15(2)8-6-12/h3-4,9,11-12,14H,5-8,10H2,1-2H3/t11-/m0/s1. The van der Waals surface area contributed by atoms with Gasteiger partial charge in [-0.15, -0.1) is 11.3 Å². The van der Waals surface area contributed by atoms with Crippen molar-refractivity contribution in [3.8, 4) is 0 Å². The van der Waals surface area contributed by atoms with Crippen molar-refractivity contribution >= 4 is 11.3 Å². The Morgan fingerprint density at radius 1 is 1.50 bits per heavy atom. The van der Waals surface area contributed by atoms with E-state index < -0.39 is 0 Å². The molecule has 0 radical (unpaired) electrons. The average Bonchev–Trinajstić information content (AvgIpc) is 2.81. The summed E-state index contributed by atoms with van der Waals surface area (Å²) < 4.78 is 0. The minimum Gasteiger partial charge on any atom is -0.309 e. The van der Waals surface area contributed by atoms with Crippen LogP contribution in [-0.2, 0) is 0 Å². The predicted molar refractivity (Wildman–Crippen MR) is 71.0 cm³/mol. The van der Waals surface area contributed by atoms with Gasteiger partial charge in [-0.1, -0.05) is 6.07 Å². The van der Waals surface area contributed by atoms with Crippen LogP contribution in [0.4, 0.5) is 0 Å². The molecule has 0 bridgehead atoms. The first-order chi connectivity index (χ1) is 7.75. The minimum atomic E-state index is 0.514. The Bertz CT molecular complexity index is 289. The monoisotopic (exact) mass is 238 g/mol. The molecule has 16 heavy (non-hydrogen) atoms. The lowest BCUT2D eigenvalue weighted by molar-refractivity contribution is 0.213. The van der Waals surface area contributed by atoms with Crippen molar-refractivity contribution in [3.05, 3.63) is 22.4 Å². The van der Waals surface area contributed by atoms with Gasteiger partial charge in [0.25, 0.3) is 0 Å². The lowest BCUT2D eigenvalue weighted by Gasteiger charge is -2.29. The maximum absolute atomic E-state index is 3.66. The summed E-state index contributed by atoms with van der Waals surface area (Å²) >= 11 is 1.85. The minimum absolute atomic E-state index is 0.514. The Kier molecular flexibility index (Phi) is 4.38. The first kappa shape index (κ1) is 12.1. The fourth-order valence-electron chi connectivity index (χ4n) is 2.25. The molecule has 1 saturated heterocycles. The zero-order valence-electron chi connectivity index (χ0n) is 10.3. The van der Waals surface area contributed by atoms with Gasteiger partial charge in [0.2, 0.25) is 0 Å². The van der Waals surface area contributed by atoms with Gasteiger partial charge in [0.1, 0.15) is 0 Å². The number of thiophene rings is 1. The van der Waals surface area contributed by atoms with Crippen LogP contribution < -0.4 is 5.32 Å². The van der Waals surface area contributed by atoms with Gasteiger partial charge in [-0.05, 0) is 63.8 Å². The summed E-state index contributed by atoms with van der Waals surface area (Å²) in [6.45, 7) is 5.97. The van der Waals surface area contributed by atoms with Gasteiger partial charge >= 0.3 is 0 Å². The van der Waals surface area contributed by atoms with E-state index in [4.69, 9.17) is 0 Å². The number of nitrogens with zero attached hydrogens (tertiary/aromatic N) is 1. The summed E-state index contributed by atoms with van der Waals surface area (Å²) in [5, 5.41) is 5.82. The van der Waals surface area contributed by atoms with Crippen LogP contribution in [-0.4, -0.2) is 31.6 Å². The van der Waals surface area contributed by atoms with E-state index in [1.807, 2.05) is 11.3 Å². The van der Waals surface area contributed by atoms with E-state index in [9.17, 15) is 0 Å². The lowest BCUT2D eigenvalue weighted by atomic mass is 9.97. The molecule has 1 aromatic rings. The van der Waals surface area contributed by atoms with E-state index in [1.165, 1.54) is 37.4 Å². The predicted octanol–water partition coefficient (Wildman–Crippen LogP) is 2.74. The fraction of sp³-hybridized carbons (Fsp3) is 0.692. The zero-order chi connectivity index (χ0) is 11.4. The molecule has 1 aliphatic heterocycles. The van der Waals surface area contributed by atoms with E-state index in [0.29, 0.717) is 6.04 Å². The van der Waals surface area contributed by atoms with Gasteiger partial charge < -0.3 is 10.2 Å². The summed E-state index contributed by atoms with van der Waals surface area (Å²) in [7, 11) is 2.22. The van der Waals surface area contributed by atoms with Crippen LogP contribution in [0.1, 0.15) is 30.7 Å². The zero-order valence-corrected chi connectivity index (χ0v) is 11.1. The molecule has 2 nitrogen and oxygen atoms in total. The van der Waals surface area contributed by atoms with Gasteiger partial charge in [0, 0.05) is 10.9 Å². The lowest BCUT2D eigenvalue weighted by Crippen LogP contribution is -2.35. The topological polar surface area (TPSA) is 15.3 Å². The van der Waals surface area contributed by atoms with Gasteiger partial charge in [-0.2, -0.15) is 0 Å². The molecule has 0 aliphatic carbocycles. The van der Waals surface area contributed by atoms with E-state index >= 15 is 0 Å². The van der Waals surface area contributed by atoms with Gasteiger partial charge in [-0.25, -0.2) is 0 Å². The highest BCUT2D eigenvalue weighted by Gasteiger charge is 2.17. The third-order valence-corrected chi connectivity index (χ3v) is 4.58. The molecule has 1 atom stereocenters. The van der Waals surface area contributed by atoms with Crippen LogP contribution in [0.5, 0.6) is 0 Å². The molecule has 0 spiro atoms. The summed E-state index contributed by atoms with van der Waals surface area (Å²) in [6.07, 6.45) is 2.70. The highest BCUT2D eigenvalue weighted by molar-refractivity contribution is 7.10. The van der Waals surface area contributed by atoms with Crippen LogP contribution in [0, 0.1) is 5.92 Å². The van der Waals surface area contributed by atoms with Crippen LogP contribution in [0.2, 0.25) is 0 Å². The second-order valence-corrected chi connectivity index (χ2v) is 5.87. The normalized spacial score (nSPS) is 21.1. The molecule has 1 aromatic heterocycles. The van der Waals surface area contributed by atoms with Crippen molar-refractivity contribution in [1.29, 1.82) is 0 Å². The van der Waals surface area contributed by atoms with Crippen LogP contribution in [0.25, 0.3) is 0 Å².